The average Bonchev–Trinajstić information content (AvgIpc) is 3.26. The fraction of sp³-hybridized carbons (Fsp3) is 0.348. The molecule has 1 aromatic carbocycles. The number of carbonyl (C=O) groups excluding carboxylic acids is 2. The third-order valence-corrected chi connectivity index (χ3v) is 6.13. The lowest BCUT2D eigenvalue weighted by Crippen LogP contribution is -2.22. The van der Waals surface area contributed by atoms with E-state index in [-0.39, 0.29) is 18.5 Å². The van der Waals surface area contributed by atoms with Gasteiger partial charge >= 0.3 is 5.97 Å². The predicted molar refractivity (Wildman–Crippen MR) is 120 cm³/mol. The molecule has 158 valence electrons. The molecule has 0 saturated carbocycles. The van der Waals surface area contributed by atoms with E-state index in [4.69, 9.17) is 4.74 Å². The van der Waals surface area contributed by atoms with Crippen LogP contribution in [0.2, 0.25) is 0 Å². The first-order chi connectivity index (χ1) is 14.2. The molecule has 0 aliphatic carbocycles. The minimum atomic E-state index is -0.366. The Hall–Kier alpha value is -2.93. The molecule has 0 fully saturated rings. The minimum Gasteiger partial charge on any atom is -0.455 e. The monoisotopic (exact) mass is 425 g/mol. The number of benzene rings is 1. The standard InChI is InChI=1S/C23H27N3O3S/c1-7-25-16(4)11-21(17(25)5)22(28)29-12-19-13-30-23(24-19)26(18(6)27)20-9-8-14(2)15(3)10-20/h8-11,13H,7,12H2,1-6H3. The van der Waals surface area contributed by atoms with Crippen molar-refractivity contribution in [3.63, 3.8) is 0 Å². The van der Waals surface area contributed by atoms with Gasteiger partial charge in [0.1, 0.15) is 6.61 Å². The highest BCUT2D eigenvalue weighted by Gasteiger charge is 2.20. The quantitative estimate of drug-likeness (QED) is 0.507. The summed E-state index contributed by atoms with van der Waals surface area (Å²) in [7, 11) is 0. The highest BCUT2D eigenvalue weighted by Crippen LogP contribution is 2.30. The molecular weight excluding hydrogens is 398 g/mol. The Bertz CT molecular complexity index is 1100. The van der Waals surface area contributed by atoms with E-state index in [1.165, 1.54) is 18.3 Å². The Morgan fingerprint density at radius 2 is 1.87 bits per heavy atom. The first-order valence-corrected chi connectivity index (χ1v) is 10.8. The van der Waals surface area contributed by atoms with Gasteiger partial charge in [0, 0.05) is 30.2 Å². The molecule has 0 N–H and O–H groups in total. The summed E-state index contributed by atoms with van der Waals surface area (Å²) in [5, 5.41) is 2.37. The van der Waals surface area contributed by atoms with Crippen LogP contribution in [0.4, 0.5) is 10.8 Å². The van der Waals surface area contributed by atoms with E-state index in [2.05, 4.69) is 9.55 Å². The number of carbonyl (C=O) groups is 2. The minimum absolute atomic E-state index is 0.0593. The topological polar surface area (TPSA) is 64.4 Å². The van der Waals surface area contributed by atoms with Crippen LogP contribution in [0, 0.1) is 27.7 Å². The van der Waals surface area contributed by atoms with Crippen molar-refractivity contribution < 1.29 is 14.3 Å². The van der Waals surface area contributed by atoms with Gasteiger partial charge < -0.3 is 9.30 Å². The molecule has 0 atom stereocenters. The molecule has 2 aromatic heterocycles. The average molecular weight is 426 g/mol. The van der Waals surface area contributed by atoms with E-state index in [0.29, 0.717) is 16.4 Å². The van der Waals surface area contributed by atoms with Gasteiger partial charge in [0.15, 0.2) is 5.13 Å². The molecule has 3 aromatic rings. The molecule has 7 heteroatoms. The van der Waals surface area contributed by atoms with Gasteiger partial charge in [-0.25, -0.2) is 9.78 Å². The summed E-state index contributed by atoms with van der Waals surface area (Å²) >= 11 is 1.35. The fourth-order valence-electron chi connectivity index (χ4n) is 3.47. The van der Waals surface area contributed by atoms with Crippen LogP contribution in [0.5, 0.6) is 0 Å². The van der Waals surface area contributed by atoms with E-state index in [0.717, 1.165) is 34.7 Å². The first-order valence-electron chi connectivity index (χ1n) is 9.89. The molecule has 2 heterocycles. The summed E-state index contributed by atoms with van der Waals surface area (Å²) in [6.45, 7) is 12.4. The zero-order valence-electron chi connectivity index (χ0n) is 18.3. The molecule has 30 heavy (non-hydrogen) atoms. The number of rotatable bonds is 6. The third kappa shape index (κ3) is 4.31. The van der Waals surface area contributed by atoms with Crippen molar-refractivity contribution in [2.45, 2.75) is 54.7 Å². The summed E-state index contributed by atoms with van der Waals surface area (Å²) < 4.78 is 7.57. The summed E-state index contributed by atoms with van der Waals surface area (Å²) in [4.78, 5) is 31.0. The van der Waals surface area contributed by atoms with Crippen LogP contribution in [0.3, 0.4) is 0 Å². The SMILES string of the molecule is CCn1c(C)cc(C(=O)OCc2csc(N(C(C)=O)c3ccc(C)c(C)c3)n2)c1C. The number of nitrogens with zero attached hydrogens (tertiary/aromatic N) is 3. The van der Waals surface area contributed by atoms with E-state index < -0.39 is 0 Å². The van der Waals surface area contributed by atoms with Crippen LogP contribution in [-0.2, 0) is 22.7 Å². The second-order valence-corrected chi connectivity index (χ2v) is 8.19. The number of anilines is 2. The fourth-order valence-corrected chi connectivity index (χ4v) is 4.34. The van der Waals surface area contributed by atoms with E-state index in [9.17, 15) is 9.59 Å². The molecule has 3 rings (SSSR count). The molecule has 1 amide bonds. The normalized spacial score (nSPS) is 10.9. The van der Waals surface area contributed by atoms with Gasteiger partial charge in [0.25, 0.3) is 0 Å². The van der Waals surface area contributed by atoms with E-state index >= 15 is 0 Å². The van der Waals surface area contributed by atoms with Gasteiger partial charge in [-0.3, -0.25) is 9.69 Å². The molecule has 0 aliphatic heterocycles. The largest absolute Gasteiger partial charge is 0.455 e. The van der Waals surface area contributed by atoms with Crippen LogP contribution >= 0.6 is 11.3 Å². The number of thiazole rings is 1. The van der Waals surface area contributed by atoms with Crippen LogP contribution < -0.4 is 4.90 Å². The zero-order valence-corrected chi connectivity index (χ0v) is 19.1. The summed E-state index contributed by atoms with van der Waals surface area (Å²) in [5.41, 5.74) is 6.16. The van der Waals surface area contributed by atoms with Crippen molar-refractivity contribution in [2.75, 3.05) is 4.90 Å². The number of amides is 1. The van der Waals surface area contributed by atoms with Crippen molar-refractivity contribution in [3.8, 4) is 0 Å². The van der Waals surface area contributed by atoms with Gasteiger partial charge in [-0.15, -0.1) is 11.3 Å². The number of ether oxygens (including phenoxy) is 1. The number of aryl methyl sites for hydroxylation is 3. The van der Waals surface area contributed by atoms with Gasteiger partial charge in [0.2, 0.25) is 5.91 Å². The highest BCUT2D eigenvalue weighted by molar-refractivity contribution is 7.14. The molecule has 0 bridgehead atoms. The summed E-state index contributed by atoms with van der Waals surface area (Å²) in [6.07, 6.45) is 0. The molecule has 0 unspecified atom stereocenters. The smallest absolute Gasteiger partial charge is 0.340 e. The van der Waals surface area contributed by atoms with Crippen LogP contribution in [0.15, 0.2) is 29.6 Å². The second-order valence-electron chi connectivity index (χ2n) is 7.35. The Balaban J connectivity index is 1.76. The van der Waals surface area contributed by atoms with Crippen molar-refractivity contribution in [3.05, 3.63) is 63.4 Å². The highest BCUT2D eigenvalue weighted by atomic mass is 32.1. The van der Waals surface area contributed by atoms with Crippen LogP contribution in [-0.4, -0.2) is 21.4 Å². The number of hydrogen-bond acceptors (Lipinski definition) is 5. The van der Waals surface area contributed by atoms with Crippen molar-refractivity contribution in [2.24, 2.45) is 0 Å². The maximum atomic E-state index is 12.5. The Labute approximate surface area is 181 Å². The van der Waals surface area contributed by atoms with Crippen LogP contribution in [0.25, 0.3) is 0 Å². The lowest BCUT2D eigenvalue weighted by atomic mass is 10.1. The van der Waals surface area contributed by atoms with Gasteiger partial charge in [-0.2, -0.15) is 0 Å². The van der Waals surface area contributed by atoms with Crippen molar-refractivity contribution in [1.82, 2.24) is 9.55 Å². The van der Waals surface area contributed by atoms with E-state index in [1.54, 1.807) is 4.90 Å². The Kier molecular flexibility index (Phi) is 6.41. The maximum Gasteiger partial charge on any atom is 0.340 e. The molecule has 0 saturated heterocycles. The molecule has 0 radical (unpaired) electrons. The summed E-state index contributed by atoms with van der Waals surface area (Å²) in [5.74, 6) is -0.488. The maximum absolute atomic E-state index is 12.5. The van der Waals surface area contributed by atoms with Gasteiger partial charge in [0.05, 0.1) is 16.9 Å². The first kappa shape index (κ1) is 21.8. The lowest BCUT2D eigenvalue weighted by Gasteiger charge is -2.19. The molecule has 0 aliphatic rings. The lowest BCUT2D eigenvalue weighted by molar-refractivity contribution is -0.115. The van der Waals surface area contributed by atoms with Gasteiger partial charge in [-0.1, -0.05) is 6.07 Å². The van der Waals surface area contributed by atoms with Gasteiger partial charge in [-0.05, 0) is 63.9 Å². The molecule has 0 spiro atoms. The number of hydrogen-bond donors (Lipinski definition) is 0. The molecular formula is C23H27N3O3S. The second kappa shape index (κ2) is 8.83. The zero-order chi connectivity index (χ0) is 22.0. The predicted octanol–water partition coefficient (Wildman–Crippen LogP) is 5.24. The van der Waals surface area contributed by atoms with Crippen molar-refractivity contribution >= 4 is 34.0 Å². The van der Waals surface area contributed by atoms with Crippen molar-refractivity contribution in [1.29, 1.82) is 0 Å². The Morgan fingerprint density at radius 3 is 2.47 bits per heavy atom. The van der Waals surface area contributed by atoms with Crippen LogP contribution in [0.1, 0.15) is 52.4 Å². The molecule has 6 nitrogen and oxygen atoms in total. The number of esters is 1. The third-order valence-electron chi connectivity index (χ3n) is 5.26. The number of aromatic nitrogens is 2. The summed E-state index contributed by atoms with van der Waals surface area (Å²) in [6, 6.07) is 7.73. The Morgan fingerprint density at radius 1 is 1.13 bits per heavy atom. The van der Waals surface area contributed by atoms with E-state index in [1.807, 2.05) is 64.3 Å².